The second kappa shape index (κ2) is 8.07. The highest BCUT2D eigenvalue weighted by atomic mass is 19.4. The summed E-state index contributed by atoms with van der Waals surface area (Å²) in [6.45, 7) is 2.83. The van der Waals surface area contributed by atoms with Gasteiger partial charge in [-0.15, -0.1) is 0 Å². The van der Waals surface area contributed by atoms with E-state index >= 15 is 0 Å². The zero-order valence-corrected chi connectivity index (χ0v) is 20.2. The van der Waals surface area contributed by atoms with Gasteiger partial charge in [-0.2, -0.15) is 22.0 Å². The first kappa shape index (κ1) is 25.3. The molecule has 8 heteroatoms. The molecule has 0 bridgehead atoms. The van der Waals surface area contributed by atoms with Gasteiger partial charge < -0.3 is 5.11 Å². The van der Waals surface area contributed by atoms with Gasteiger partial charge in [0.25, 0.3) is 0 Å². The lowest BCUT2D eigenvalue weighted by Gasteiger charge is -2.56. The molecule has 1 aromatic rings. The van der Waals surface area contributed by atoms with Crippen LogP contribution >= 0.6 is 0 Å². The van der Waals surface area contributed by atoms with Crippen molar-refractivity contribution in [2.45, 2.75) is 82.4 Å². The minimum atomic E-state index is -5.87. The number of allylic oxidation sites excluding steroid dienone is 4. The molecule has 0 spiro atoms. The fourth-order valence-corrected chi connectivity index (χ4v) is 7.66. The van der Waals surface area contributed by atoms with Crippen LogP contribution in [0.3, 0.4) is 0 Å². The van der Waals surface area contributed by atoms with Crippen molar-refractivity contribution in [2.75, 3.05) is 0 Å². The van der Waals surface area contributed by atoms with E-state index in [1.54, 1.807) is 30.3 Å². The zero-order valence-electron chi connectivity index (χ0n) is 20.2. The van der Waals surface area contributed by atoms with Gasteiger partial charge in [-0.3, -0.25) is 9.59 Å². The third kappa shape index (κ3) is 3.39. The van der Waals surface area contributed by atoms with Crippen LogP contribution in [0.15, 0.2) is 47.1 Å². The smallest absolute Gasteiger partial charge is 0.383 e. The molecule has 0 amide bonds. The van der Waals surface area contributed by atoms with Crippen LogP contribution in [0.4, 0.5) is 22.0 Å². The maximum atomic E-state index is 15.0. The molecule has 0 aromatic heterocycles. The third-order valence-electron chi connectivity index (χ3n) is 9.48. The molecule has 3 nitrogen and oxygen atoms in total. The average molecular weight is 509 g/mol. The summed E-state index contributed by atoms with van der Waals surface area (Å²) in [6.07, 6.45) is -2.90. The average Bonchev–Trinajstić information content (AvgIpc) is 3.09. The predicted octanol–water partition coefficient (Wildman–Crippen LogP) is 6.72. The molecule has 1 aromatic carbocycles. The van der Waals surface area contributed by atoms with E-state index in [0.717, 1.165) is 22.3 Å². The number of hydrogen-bond acceptors (Lipinski definition) is 3. The quantitative estimate of drug-likeness (QED) is 0.364. The second-order valence-corrected chi connectivity index (χ2v) is 11.1. The summed E-state index contributed by atoms with van der Waals surface area (Å²) in [5, 5.41) is 11.3. The van der Waals surface area contributed by atoms with Crippen LogP contribution in [0, 0.1) is 17.3 Å². The van der Waals surface area contributed by atoms with Crippen molar-refractivity contribution < 1.29 is 36.6 Å². The molecule has 36 heavy (non-hydrogen) atoms. The zero-order chi connectivity index (χ0) is 26.3. The molecule has 0 aliphatic heterocycles. The Bertz CT molecular complexity index is 1180. The second-order valence-electron chi connectivity index (χ2n) is 11.1. The van der Waals surface area contributed by atoms with Gasteiger partial charge in [0.15, 0.2) is 11.6 Å². The van der Waals surface area contributed by atoms with E-state index < -0.39 is 41.4 Å². The first-order valence-electron chi connectivity index (χ1n) is 12.5. The number of halogens is 5. The lowest BCUT2D eigenvalue weighted by atomic mass is 9.50. The van der Waals surface area contributed by atoms with E-state index in [1.807, 2.05) is 0 Å². The molecule has 5 atom stereocenters. The Labute approximate surface area is 206 Å². The minimum Gasteiger partial charge on any atom is -0.383 e. The van der Waals surface area contributed by atoms with E-state index in [2.05, 4.69) is 0 Å². The van der Waals surface area contributed by atoms with Crippen molar-refractivity contribution in [1.29, 1.82) is 0 Å². The van der Waals surface area contributed by atoms with E-state index in [0.29, 0.717) is 31.2 Å². The number of carbonyl (C=O) groups excluding carboxylic acids is 2. The van der Waals surface area contributed by atoms with Gasteiger partial charge in [0.05, 0.1) is 0 Å². The van der Waals surface area contributed by atoms with E-state index in [9.17, 15) is 36.6 Å². The van der Waals surface area contributed by atoms with Crippen LogP contribution in [-0.2, 0) is 4.79 Å². The molecule has 1 N–H and O–H groups in total. The van der Waals surface area contributed by atoms with Crippen molar-refractivity contribution in [1.82, 2.24) is 0 Å². The first-order chi connectivity index (χ1) is 16.7. The van der Waals surface area contributed by atoms with Crippen molar-refractivity contribution in [2.24, 2.45) is 17.3 Å². The summed E-state index contributed by atoms with van der Waals surface area (Å²) >= 11 is 0. The molecule has 2 fully saturated rings. The summed E-state index contributed by atoms with van der Waals surface area (Å²) < 4.78 is 70.7. The number of ketones is 2. The lowest BCUT2D eigenvalue weighted by molar-refractivity contribution is -0.362. The monoisotopic (exact) mass is 508 g/mol. The SMILES string of the molecule is CC(=O)c1ccc(C2C[C@@]3(C)C(CC[C@@]3(O)C(F)(F)C(F)(F)F)C3CCC4=CC(=O)CCC4=C23)cc1. The summed E-state index contributed by atoms with van der Waals surface area (Å²) in [7, 11) is 0. The number of carbonyl (C=O) groups is 2. The van der Waals surface area contributed by atoms with Gasteiger partial charge >= 0.3 is 12.1 Å². The van der Waals surface area contributed by atoms with Crippen molar-refractivity contribution in [3.05, 3.63) is 58.2 Å². The largest absolute Gasteiger partial charge is 0.456 e. The lowest BCUT2D eigenvalue weighted by Crippen LogP contribution is -2.65. The van der Waals surface area contributed by atoms with Gasteiger partial charge in [-0.05, 0) is 80.1 Å². The molecule has 0 saturated heterocycles. The minimum absolute atomic E-state index is 0.0378. The van der Waals surface area contributed by atoms with E-state index in [1.165, 1.54) is 13.8 Å². The maximum absolute atomic E-state index is 15.0. The Hall–Kier alpha value is -2.35. The molecule has 0 heterocycles. The number of rotatable bonds is 3. The number of aliphatic hydroxyl groups is 1. The van der Waals surface area contributed by atoms with Crippen LogP contribution in [0.2, 0.25) is 0 Å². The molecule has 194 valence electrons. The van der Waals surface area contributed by atoms with Gasteiger partial charge in [0.2, 0.25) is 0 Å². The van der Waals surface area contributed by atoms with E-state index in [-0.39, 0.29) is 30.3 Å². The van der Waals surface area contributed by atoms with Crippen LogP contribution in [-0.4, -0.2) is 34.4 Å². The Morgan fingerprint density at radius 2 is 1.69 bits per heavy atom. The maximum Gasteiger partial charge on any atom is 0.456 e. The van der Waals surface area contributed by atoms with Gasteiger partial charge in [-0.25, -0.2) is 0 Å². The highest BCUT2D eigenvalue weighted by Crippen LogP contribution is 2.70. The standard InChI is InChI=1S/C28H29F5O3/c1-15(34)16-3-5-17(6-4-16)22-14-25(2)23(11-12-26(25,36)27(29,30)28(31,32)33)21-9-7-18-13-19(35)8-10-20(18)24(21)22/h3-6,13,21-23,36H,7-12,14H2,1-2H3/t21?,22?,23?,25-,26-/m0/s1. The van der Waals surface area contributed by atoms with Crippen molar-refractivity contribution in [3.8, 4) is 0 Å². The molecular formula is C28H29F5O3. The highest BCUT2D eigenvalue weighted by molar-refractivity contribution is 5.94. The molecule has 0 radical (unpaired) electrons. The number of benzene rings is 1. The number of alkyl halides is 5. The number of Topliss-reactive ketones (excluding diaryl/α,β-unsaturated/α-hetero) is 1. The van der Waals surface area contributed by atoms with Gasteiger partial charge in [-0.1, -0.05) is 36.8 Å². The Balaban J connectivity index is 1.69. The fraction of sp³-hybridized carbons (Fsp3) is 0.571. The van der Waals surface area contributed by atoms with Gasteiger partial charge in [0, 0.05) is 23.3 Å². The third-order valence-corrected chi connectivity index (χ3v) is 9.48. The van der Waals surface area contributed by atoms with Crippen LogP contribution in [0.5, 0.6) is 0 Å². The topological polar surface area (TPSA) is 54.4 Å². The molecule has 4 aliphatic carbocycles. The number of hydrogen-bond donors (Lipinski definition) is 1. The number of fused-ring (bicyclic) bond motifs is 4. The molecule has 4 aliphatic rings. The molecular weight excluding hydrogens is 479 g/mol. The normalized spacial score (nSPS) is 34.6. The van der Waals surface area contributed by atoms with Crippen LogP contribution in [0.25, 0.3) is 0 Å². The Morgan fingerprint density at radius 3 is 2.31 bits per heavy atom. The summed E-state index contributed by atoms with van der Waals surface area (Å²) in [5.74, 6) is -6.66. The fourth-order valence-electron chi connectivity index (χ4n) is 7.66. The summed E-state index contributed by atoms with van der Waals surface area (Å²) in [6, 6.07) is 6.75. The Kier molecular flexibility index (Phi) is 5.67. The van der Waals surface area contributed by atoms with Crippen LogP contribution in [0.1, 0.15) is 80.6 Å². The summed E-state index contributed by atoms with van der Waals surface area (Å²) in [4.78, 5) is 23.9. The summed E-state index contributed by atoms with van der Waals surface area (Å²) in [5.41, 5.74) is -0.758. The molecule has 5 rings (SSSR count). The Morgan fingerprint density at radius 1 is 1.03 bits per heavy atom. The molecule has 2 saturated carbocycles. The highest BCUT2D eigenvalue weighted by Gasteiger charge is 2.79. The predicted molar refractivity (Wildman–Crippen MR) is 123 cm³/mol. The molecule has 3 unspecified atom stereocenters. The van der Waals surface area contributed by atoms with Crippen molar-refractivity contribution >= 4 is 11.6 Å². The van der Waals surface area contributed by atoms with Gasteiger partial charge in [0.1, 0.15) is 5.60 Å². The van der Waals surface area contributed by atoms with Crippen LogP contribution < -0.4 is 0 Å². The van der Waals surface area contributed by atoms with Crippen molar-refractivity contribution in [3.63, 3.8) is 0 Å². The van der Waals surface area contributed by atoms with E-state index in [4.69, 9.17) is 0 Å². The first-order valence-corrected chi connectivity index (χ1v) is 12.5.